The number of hydrogen-bond donors (Lipinski definition) is 0. The van der Waals surface area contributed by atoms with Gasteiger partial charge in [-0.15, -0.1) is 0 Å². The highest BCUT2D eigenvalue weighted by molar-refractivity contribution is 5.49. The highest BCUT2D eigenvalue weighted by Crippen LogP contribution is 2.45. The van der Waals surface area contributed by atoms with Crippen molar-refractivity contribution in [3.05, 3.63) is 59.2 Å². The van der Waals surface area contributed by atoms with E-state index in [-0.39, 0.29) is 0 Å². The third-order valence-electron chi connectivity index (χ3n) is 5.66. The van der Waals surface area contributed by atoms with E-state index >= 15 is 0 Å². The molecule has 0 aromatic heterocycles. The van der Waals surface area contributed by atoms with Gasteiger partial charge in [-0.3, -0.25) is 4.90 Å². The van der Waals surface area contributed by atoms with Crippen molar-refractivity contribution in [1.29, 1.82) is 0 Å². The quantitative estimate of drug-likeness (QED) is 0.846. The second kappa shape index (κ2) is 6.48. The van der Waals surface area contributed by atoms with E-state index in [0.29, 0.717) is 12.0 Å². The van der Waals surface area contributed by atoms with Gasteiger partial charge in [0.1, 0.15) is 0 Å². The first kappa shape index (κ1) is 15.5. The Morgan fingerprint density at radius 3 is 2.46 bits per heavy atom. The van der Waals surface area contributed by atoms with E-state index in [4.69, 9.17) is 9.47 Å². The van der Waals surface area contributed by atoms with Crippen LogP contribution in [0.25, 0.3) is 0 Å². The molecule has 0 unspecified atom stereocenters. The molecule has 1 fully saturated rings. The summed E-state index contributed by atoms with van der Waals surface area (Å²) in [6.07, 6.45) is 3.54. The monoisotopic (exact) mass is 323 g/mol. The number of fused-ring (bicyclic) bond motifs is 3. The first-order chi connectivity index (χ1) is 11.8. The van der Waals surface area contributed by atoms with Crippen molar-refractivity contribution in [2.24, 2.45) is 0 Å². The zero-order chi connectivity index (χ0) is 16.5. The van der Waals surface area contributed by atoms with Crippen LogP contribution < -0.4 is 9.47 Å². The highest BCUT2D eigenvalue weighted by atomic mass is 16.5. The summed E-state index contributed by atoms with van der Waals surface area (Å²) in [7, 11) is 3.43. The number of benzene rings is 2. The molecule has 1 saturated heterocycles. The van der Waals surface area contributed by atoms with Gasteiger partial charge in [-0.05, 0) is 60.5 Å². The van der Waals surface area contributed by atoms with Crippen LogP contribution in [0.3, 0.4) is 0 Å². The summed E-state index contributed by atoms with van der Waals surface area (Å²) in [4.78, 5) is 2.65. The molecule has 0 aliphatic carbocycles. The standard InChI is InChI=1S/C21H25NO2/c1-23-20-13-17-9-11-22-10-8-16(15-6-4-3-5-7-15)12-19(22)18(17)14-21(20)24-2/h3-7,13-14,16,19H,8-12H2,1-2H3/t16-,19-/m0/s1. The summed E-state index contributed by atoms with van der Waals surface area (Å²) in [6.45, 7) is 2.33. The van der Waals surface area contributed by atoms with Gasteiger partial charge < -0.3 is 9.47 Å². The van der Waals surface area contributed by atoms with Gasteiger partial charge in [-0.1, -0.05) is 30.3 Å². The zero-order valence-corrected chi connectivity index (χ0v) is 14.5. The number of piperidine rings is 1. The van der Waals surface area contributed by atoms with Crippen molar-refractivity contribution in [3.63, 3.8) is 0 Å². The fourth-order valence-corrected chi connectivity index (χ4v) is 4.36. The van der Waals surface area contributed by atoms with Crippen LogP contribution in [-0.4, -0.2) is 32.2 Å². The Balaban J connectivity index is 1.67. The molecular formula is C21H25NO2. The van der Waals surface area contributed by atoms with E-state index < -0.39 is 0 Å². The minimum Gasteiger partial charge on any atom is -0.493 e. The van der Waals surface area contributed by atoms with Crippen molar-refractivity contribution in [2.45, 2.75) is 31.2 Å². The maximum absolute atomic E-state index is 5.55. The van der Waals surface area contributed by atoms with Crippen molar-refractivity contribution >= 4 is 0 Å². The van der Waals surface area contributed by atoms with E-state index in [1.54, 1.807) is 14.2 Å². The van der Waals surface area contributed by atoms with Gasteiger partial charge in [0.15, 0.2) is 11.5 Å². The van der Waals surface area contributed by atoms with Gasteiger partial charge in [0.25, 0.3) is 0 Å². The molecule has 2 aromatic rings. The minimum atomic E-state index is 0.493. The summed E-state index contributed by atoms with van der Waals surface area (Å²) in [6, 6.07) is 15.8. The smallest absolute Gasteiger partial charge is 0.161 e. The topological polar surface area (TPSA) is 21.7 Å². The lowest BCUT2D eigenvalue weighted by Crippen LogP contribution is -2.40. The fourth-order valence-electron chi connectivity index (χ4n) is 4.36. The number of rotatable bonds is 3. The lowest BCUT2D eigenvalue weighted by molar-refractivity contribution is 0.125. The molecule has 2 heterocycles. The predicted octanol–water partition coefficient (Wildman–Crippen LogP) is 4.18. The first-order valence-electron chi connectivity index (χ1n) is 8.84. The molecule has 0 spiro atoms. The third-order valence-corrected chi connectivity index (χ3v) is 5.66. The lowest BCUT2D eigenvalue weighted by atomic mass is 9.79. The zero-order valence-electron chi connectivity index (χ0n) is 14.5. The van der Waals surface area contributed by atoms with Crippen LogP contribution in [0.4, 0.5) is 0 Å². The maximum atomic E-state index is 5.55. The lowest BCUT2D eigenvalue weighted by Gasteiger charge is -2.43. The fraction of sp³-hybridized carbons (Fsp3) is 0.429. The highest BCUT2D eigenvalue weighted by Gasteiger charge is 2.34. The molecule has 0 N–H and O–H groups in total. The Morgan fingerprint density at radius 2 is 1.71 bits per heavy atom. The summed E-state index contributed by atoms with van der Waals surface area (Å²) < 4.78 is 11.0. The molecule has 2 aliphatic rings. The molecule has 126 valence electrons. The van der Waals surface area contributed by atoms with Crippen LogP contribution in [-0.2, 0) is 6.42 Å². The van der Waals surface area contributed by atoms with E-state index in [1.807, 2.05) is 0 Å². The maximum Gasteiger partial charge on any atom is 0.161 e. The summed E-state index contributed by atoms with van der Waals surface area (Å²) in [5.41, 5.74) is 4.33. The molecule has 2 aromatic carbocycles. The van der Waals surface area contributed by atoms with Gasteiger partial charge in [0.05, 0.1) is 14.2 Å². The van der Waals surface area contributed by atoms with Gasteiger partial charge in [-0.25, -0.2) is 0 Å². The second-order valence-electron chi connectivity index (χ2n) is 6.84. The second-order valence-corrected chi connectivity index (χ2v) is 6.84. The number of nitrogens with zero attached hydrogens (tertiary/aromatic N) is 1. The van der Waals surface area contributed by atoms with E-state index in [2.05, 4.69) is 47.4 Å². The van der Waals surface area contributed by atoms with Crippen molar-refractivity contribution < 1.29 is 9.47 Å². The van der Waals surface area contributed by atoms with Gasteiger partial charge in [0.2, 0.25) is 0 Å². The molecule has 24 heavy (non-hydrogen) atoms. The Hall–Kier alpha value is -2.00. The van der Waals surface area contributed by atoms with E-state index in [9.17, 15) is 0 Å². The first-order valence-corrected chi connectivity index (χ1v) is 8.84. The molecule has 4 rings (SSSR count). The average molecular weight is 323 g/mol. The van der Waals surface area contributed by atoms with Gasteiger partial charge in [0, 0.05) is 12.6 Å². The predicted molar refractivity (Wildman–Crippen MR) is 96.0 cm³/mol. The van der Waals surface area contributed by atoms with Crippen molar-refractivity contribution in [1.82, 2.24) is 4.90 Å². The van der Waals surface area contributed by atoms with Crippen LogP contribution in [0.5, 0.6) is 11.5 Å². The third kappa shape index (κ3) is 2.67. The molecule has 3 nitrogen and oxygen atoms in total. The molecular weight excluding hydrogens is 298 g/mol. The van der Waals surface area contributed by atoms with Crippen molar-refractivity contribution in [3.8, 4) is 11.5 Å². The Kier molecular flexibility index (Phi) is 4.19. The Morgan fingerprint density at radius 1 is 0.958 bits per heavy atom. The number of methoxy groups -OCH3 is 2. The summed E-state index contributed by atoms with van der Waals surface area (Å²) in [5, 5.41) is 0. The minimum absolute atomic E-state index is 0.493. The number of hydrogen-bond acceptors (Lipinski definition) is 3. The molecule has 3 heteroatoms. The van der Waals surface area contributed by atoms with E-state index in [0.717, 1.165) is 24.5 Å². The van der Waals surface area contributed by atoms with Crippen LogP contribution in [0.1, 0.15) is 41.5 Å². The van der Waals surface area contributed by atoms with Gasteiger partial charge >= 0.3 is 0 Å². The van der Waals surface area contributed by atoms with Crippen molar-refractivity contribution in [2.75, 3.05) is 27.3 Å². The largest absolute Gasteiger partial charge is 0.493 e. The summed E-state index contributed by atoms with van der Waals surface area (Å²) >= 11 is 0. The molecule has 0 amide bonds. The average Bonchev–Trinajstić information content (AvgIpc) is 2.67. The summed E-state index contributed by atoms with van der Waals surface area (Å²) in [5.74, 6) is 2.34. The molecule has 0 saturated carbocycles. The number of ether oxygens (including phenoxy) is 2. The normalized spacial score (nSPS) is 23.2. The Bertz CT molecular complexity index is 713. The van der Waals surface area contributed by atoms with Crippen LogP contribution >= 0.6 is 0 Å². The van der Waals surface area contributed by atoms with Crippen LogP contribution in [0.2, 0.25) is 0 Å². The Labute approximate surface area is 144 Å². The van der Waals surface area contributed by atoms with Crippen LogP contribution in [0.15, 0.2) is 42.5 Å². The van der Waals surface area contributed by atoms with Crippen LogP contribution in [0, 0.1) is 0 Å². The molecule has 0 bridgehead atoms. The molecule has 2 aliphatic heterocycles. The van der Waals surface area contributed by atoms with E-state index in [1.165, 1.54) is 36.1 Å². The molecule has 2 atom stereocenters. The van der Waals surface area contributed by atoms with Gasteiger partial charge in [-0.2, -0.15) is 0 Å². The molecule has 0 radical (unpaired) electrons. The SMILES string of the molecule is COc1cc2c(cc1OC)[C@@H]1C[C@@H](c3ccccc3)CCN1CC2.